The smallest absolute Gasteiger partial charge is 0.224 e. The molecule has 0 saturated heterocycles. The second-order valence-corrected chi connectivity index (χ2v) is 6.66. The molecule has 1 amide bonds. The Morgan fingerprint density at radius 1 is 1.33 bits per heavy atom. The van der Waals surface area contributed by atoms with E-state index in [0.29, 0.717) is 18.0 Å². The largest absolute Gasteiger partial charge is 0.354 e. The molecule has 0 fully saturated rings. The van der Waals surface area contributed by atoms with Crippen molar-refractivity contribution in [3.63, 3.8) is 0 Å². The van der Waals surface area contributed by atoms with E-state index in [2.05, 4.69) is 15.3 Å². The molecule has 1 unspecified atom stereocenters. The van der Waals surface area contributed by atoms with Crippen molar-refractivity contribution in [2.24, 2.45) is 7.05 Å². The molecule has 5 nitrogen and oxygen atoms in total. The number of nitrogens with zero attached hydrogens (tertiary/aromatic N) is 3. The highest BCUT2D eigenvalue weighted by Crippen LogP contribution is 2.25. The molecular weight excluding hydrogens is 324 g/mol. The molecule has 1 N–H and O–H groups in total. The summed E-state index contributed by atoms with van der Waals surface area (Å²) in [6, 6.07) is 7.76. The third-order valence-corrected chi connectivity index (χ3v) is 4.72. The van der Waals surface area contributed by atoms with Gasteiger partial charge < -0.3 is 10.2 Å². The summed E-state index contributed by atoms with van der Waals surface area (Å²) < 4.78 is 1.81. The number of carbonyl (C=O) groups is 1. The first-order valence-electron chi connectivity index (χ1n) is 7.98. The third-order valence-electron chi connectivity index (χ3n) is 4.38. The Balaban J connectivity index is 2.04. The van der Waals surface area contributed by atoms with Crippen molar-refractivity contribution >= 4 is 17.5 Å². The van der Waals surface area contributed by atoms with E-state index in [9.17, 15) is 4.79 Å². The van der Waals surface area contributed by atoms with Gasteiger partial charge in [-0.05, 0) is 39.6 Å². The van der Waals surface area contributed by atoms with Crippen LogP contribution < -0.4 is 5.32 Å². The van der Waals surface area contributed by atoms with E-state index in [-0.39, 0.29) is 11.9 Å². The summed E-state index contributed by atoms with van der Waals surface area (Å²) >= 11 is 6.30. The lowest BCUT2D eigenvalue weighted by molar-refractivity contribution is -0.120. The molecule has 1 aromatic carbocycles. The van der Waals surface area contributed by atoms with Crippen LogP contribution in [0.25, 0.3) is 0 Å². The maximum Gasteiger partial charge on any atom is 0.224 e. The molecule has 0 saturated carbocycles. The van der Waals surface area contributed by atoms with Crippen molar-refractivity contribution in [3.8, 4) is 0 Å². The molecule has 0 aliphatic heterocycles. The lowest BCUT2D eigenvalue weighted by atomic mass is 10.1. The molecule has 24 heavy (non-hydrogen) atoms. The lowest BCUT2D eigenvalue weighted by Crippen LogP contribution is -2.35. The van der Waals surface area contributed by atoms with Crippen LogP contribution in [0.3, 0.4) is 0 Å². The zero-order chi connectivity index (χ0) is 17.9. The highest BCUT2D eigenvalue weighted by atomic mass is 35.5. The van der Waals surface area contributed by atoms with Crippen LogP contribution in [-0.2, 0) is 18.3 Å². The Hall–Kier alpha value is -1.85. The predicted octanol–water partition coefficient (Wildman–Crippen LogP) is 2.65. The van der Waals surface area contributed by atoms with Crippen LogP contribution in [0.15, 0.2) is 24.3 Å². The Labute approximate surface area is 148 Å². The minimum absolute atomic E-state index is 0.00639. The normalized spacial score (nSPS) is 12.5. The Morgan fingerprint density at radius 3 is 2.54 bits per heavy atom. The first-order valence-corrected chi connectivity index (χ1v) is 8.35. The summed E-state index contributed by atoms with van der Waals surface area (Å²) in [6.07, 6.45) is 0.341. The number of halogens is 1. The average molecular weight is 349 g/mol. The fourth-order valence-corrected chi connectivity index (χ4v) is 3.08. The Morgan fingerprint density at radius 2 is 2.00 bits per heavy atom. The summed E-state index contributed by atoms with van der Waals surface area (Å²) in [6.45, 7) is 4.42. The number of hydrogen-bond acceptors (Lipinski definition) is 3. The summed E-state index contributed by atoms with van der Waals surface area (Å²) in [5, 5.41) is 8.10. The van der Waals surface area contributed by atoms with Gasteiger partial charge in [-0.15, -0.1) is 0 Å². The van der Waals surface area contributed by atoms with E-state index in [4.69, 9.17) is 11.6 Å². The second kappa shape index (κ2) is 7.81. The third kappa shape index (κ3) is 4.16. The van der Waals surface area contributed by atoms with Crippen LogP contribution in [0, 0.1) is 13.8 Å². The number of benzene rings is 1. The van der Waals surface area contributed by atoms with Crippen molar-refractivity contribution in [2.75, 3.05) is 20.6 Å². The fourth-order valence-electron chi connectivity index (χ4n) is 2.82. The highest BCUT2D eigenvalue weighted by Gasteiger charge is 2.19. The van der Waals surface area contributed by atoms with Gasteiger partial charge in [0, 0.05) is 29.9 Å². The van der Waals surface area contributed by atoms with Gasteiger partial charge in [0.25, 0.3) is 0 Å². The van der Waals surface area contributed by atoms with E-state index in [1.54, 1.807) is 0 Å². The van der Waals surface area contributed by atoms with Gasteiger partial charge in [0.15, 0.2) is 0 Å². The van der Waals surface area contributed by atoms with Crippen LogP contribution in [-0.4, -0.2) is 41.2 Å². The molecule has 0 bridgehead atoms. The van der Waals surface area contributed by atoms with Gasteiger partial charge in [0.2, 0.25) is 5.91 Å². The minimum atomic E-state index is -0.00639. The topological polar surface area (TPSA) is 50.2 Å². The van der Waals surface area contributed by atoms with Crippen molar-refractivity contribution < 1.29 is 4.79 Å². The Bertz CT molecular complexity index is 724. The van der Waals surface area contributed by atoms with Crippen LogP contribution in [0.5, 0.6) is 0 Å². The highest BCUT2D eigenvalue weighted by molar-refractivity contribution is 6.31. The van der Waals surface area contributed by atoms with Gasteiger partial charge in [-0.2, -0.15) is 5.10 Å². The molecule has 6 heteroatoms. The fraction of sp³-hybridized carbons (Fsp3) is 0.444. The van der Waals surface area contributed by atoms with Gasteiger partial charge in [-0.25, -0.2) is 0 Å². The molecule has 0 aliphatic rings. The molecule has 0 spiro atoms. The molecular formula is C18H25ClN4O. The average Bonchev–Trinajstić information content (AvgIpc) is 2.75. The van der Waals surface area contributed by atoms with E-state index < -0.39 is 0 Å². The molecule has 2 aromatic rings. The summed E-state index contributed by atoms with van der Waals surface area (Å²) in [4.78, 5) is 14.4. The molecule has 1 heterocycles. The van der Waals surface area contributed by atoms with Crippen LogP contribution in [0.1, 0.15) is 28.6 Å². The van der Waals surface area contributed by atoms with Gasteiger partial charge in [-0.3, -0.25) is 9.48 Å². The summed E-state index contributed by atoms with van der Waals surface area (Å²) in [5.74, 6) is -0.00639. The van der Waals surface area contributed by atoms with E-state index in [1.807, 2.05) is 63.9 Å². The molecule has 1 aromatic heterocycles. The van der Waals surface area contributed by atoms with Crippen LogP contribution in [0.4, 0.5) is 0 Å². The quantitative estimate of drug-likeness (QED) is 0.873. The first kappa shape index (κ1) is 18.5. The standard InChI is InChI=1S/C18H25ClN4O/c1-12-15(13(2)23(5)21-12)10-18(24)20-11-17(22(3)4)14-8-6-7-9-16(14)19/h6-9,17H,10-11H2,1-5H3,(H,20,24). The lowest BCUT2D eigenvalue weighted by Gasteiger charge is -2.26. The summed E-state index contributed by atoms with van der Waals surface area (Å²) in [5.41, 5.74) is 3.94. The number of amides is 1. The van der Waals surface area contributed by atoms with Crippen LogP contribution in [0.2, 0.25) is 5.02 Å². The molecule has 0 aliphatic carbocycles. The molecule has 0 radical (unpaired) electrons. The zero-order valence-electron chi connectivity index (χ0n) is 14.9. The van der Waals surface area contributed by atoms with Crippen molar-refractivity contribution in [2.45, 2.75) is 26.3 Å². The summed E-state index contributed by atoms with van der Waals surface area (Å²) in [7, 11) is 5.86. The SMILES string of the molecule is Cc1nn(C)c(C)c1CC(=O)NCC(c1ccccc1Cl)N(C)C. The van der Waals surface area contributed by atoms with E-state index >= 15 is 0 Å². The van der Waals surface area contributed by atoms with Gasteiger partial charge >= 0.3 is 0 Å². The number of aromatic nitrogens is 2. The number of likely N-dealkylation sites (N-methyl/N-ethyl adjacent to an activating group) is 1. The zero-order valence-corrected chi connectivity index (χ0v) is 15.7. The van der Waals surface area contributed by atoms with Crippen molar-refractivity contribution in [3.05, 3.63) is 51.8 Å². The molecule has 2 rings (SSSR count). The number of hydrogen-bond donors (Lipinski definition) is 1. The maximum absolute atomic E-state index is 12.4. The number of aryl methyl sites for hydroxylation is 2. The van der Waals surface area contributed by atoms with Gasteiger partial charge in [0.05, 0.1) is 18.2 Å². The number of rotatable bonds is 6. The number of nitrogens with one attached hydrogen (secondary N) is 1. The van der Waals surface area contributed by atoms with Crippen molar-refractivity contribution in [1.82, 2.24) is 20.0 Å². The second-order valence-electron chi connectivity index (χ2n) is 6.25. The van der Waals surface area contributed by atoms with Gasteiger partial charge in [0.1, 0.15) is 0 Å². The number of carbonyl (C=O) groups excluding carboxylic acids is 1. The van der Waals surface area contributed by atoms with E-state index in [0.717, 1.165) is 22.5 Å². The van der Waals surface area contributed by atoms with Crippen molar-refractivity contribution in [1.29, 1.82) is 0 Å². The molecule has 130 valence electrons. The van der Waals surface area contributed by atoms with Crippen LogP contribution >= 0.6 is 11.6 Å². The van der Waals surface area contributed by atoms with Gasteiger partial charge in [-0.1, -0.05) is 29.8 Å². The molecule has 1 atom stereocenters. The Kier molecular flexibility index (Phi) is 6.02. The first-order chi connectivity index (χ1) is 11.3. The minimum Gasteiger partial charge on any atom is -0.354 e. The monoisotopic (exact) mass is 348 g/mol. The van der Waals surface area contributed by atoms with E-state index in [1.165, 1.54) is 0 Å². The maximum atomic E-state index is 12.4. The predicted molar refractivity (Wildman–Crippen MR) is 97.3 cm³/mol.